The summed E-state index contributed by atoms with van der Waals surface area (Å²) in [5, 5.41) is 0. The van der Waals surface area contributed by atoms with Gasteiger partial charge in [0, 0.05) is 16.1 Å². The fourth-order valence-corrected chi connectivity index (χ4v) is 2.29. The SMILES string of the molecule is CCOc1ccc(Br)cc1/C=C/C(=O)Oc1ccccc1C. The Kier molecular flexibility index (Phi) is 5.78. The molecule has 0 aliphatic carbocycles. The molecule has 0 amide bonds. The molecular formula is C18H17BrO3. The fraction of sp³-hybridized carbons (Fsp3) is 0.167. The van der Waals surface area contributed by atoms with Gasteiger partial charge < -0.3 is 9.47 Å². The molecule has 22 heavy (non-hydrogen) atoms. The minimum absolute atomic E-state index is 0.420. The van der Waals surface area contributed by atoms with Gasteiger partial charge in [0.05, 0.1) is 6.61 Å². The standard InChI is InChI=1S/C18H17BrO3/c1-3-21-17-10-9-15(19)12-14(17)8-11-18(20)22-16-7-5-4-6-13(16)2/h4-12H,3H2,1-2H3/b11-8+. The van der Waals surface area contributed by atoms with Crippen molar-refractivity contribution in [2.45, 2.75) is 13.8 Å². The quantitative estimate of drug-likeness (QED) is 0.437. The minimum Gasteiger partial charge on any atom is -0.493 e. The van der Waals surface area contributed by atoms with Gasteiger partial charge in [-0.3, -0.25) is 0 Å². The van der Waals surface area contributed by atoms with Gasteiger partial charge in [0.25, 0.3) is 0 Å². The van der Waals surface area contributed by atoms with E-state index in [1.54, 1.807) is 12.1 Å². The topological polar surface area (TPSA) is 35.5 Å². The molecule has 0 aromatic heterocycles. The van der Waals surface area contributed by atoms with Crippen LogP contribution in [-0.4, -0.2) is 12.6 Å². The van der Waals surface area contributed by atoms with Crippen LogP contribution in [0.15, 0.2) is 53.0 Å². The molecule has 0 spiro atoms. The Morgan fingerprint density at radius 2 is 1.95 bits per heavy atom. The number of para-hydroxylation sites is 1. The normalized spacial score (nSPS) is 10.7. The summed E-state index contributed by atoms with van der Waals surface area (Å²) in [6, 6.07) is 13.1. The molecule has 0 N–H and O–H groups in total. The third-order valence-electron chi connectivity index (χ3n) is 2.97. The third-order valence-corrected chi connectivity index (χ3v) is 3.47. The molecule has 0 saturated carbocycles. The number of esters is 1. The van der Waals surface area contributed by atoms with Crippen molar-refractivity contribution >= 4 is 28.0 Å². The number of halogens is 1. The second-order valence-corrected chi connectivity index (χ2v) is 5.55. The van der Waals surface area contributed by atoms with E-state index in [2.05, 4.69) is 15.9 Å². The Morgan fingerprint density at radius 3 is 2.68 bits per heavy atom. The van der Waals surface area contributed by atoms with E-state index >= 15 is 0 Å². The van der Waals surface area contributed by atoms with Crippen LogP contribution in [0, 0.1) is 6.92 Å². The van der Waals surface area contributed by atoms with E-state index in [0.29, 0.717) is 12.4 Å². The molecule has 0 atom stereocenters. The summed E-state index contributed by atoms with van der Waals surface area (Å²) in [6.45, 7) is 4.38. The lowest BCUT2D eigenvalue weighted by molar-refractivity contribution is -0.128. The highest BCUT2D eigenvalue weighted by atomic mass is 79.9. The van der Waals surface area contributed by atoms with Gasteiger partial charge in [0.1, 0.15) is 11.5 Å². The molecule has 0 unspecified atom stereocenters. The van der Waals surface area contributed by atoms with Gasteiger partial charge >= 0.3 is 5.97 Å². The van der Waals surface area contributed by atoms with Crippen LogP contribution in [0.1, 0.15) is 18.1 Å². The molecule has 2 aromatic rings. The highest BCUT2D eigenvalue weighted by molar-refractivity contribution is 9.10. The van der Waals surface area contributed by atoms with Crippen LogP contribution in [0.2, 0.25) is 0 Å². The van der Waals surface area contributed by atoms with Crippen LogP contribution >= 0.6 is 15.9 Å². The van der Waals surface area contributed by atoms with Crippen LogP contribution in [0.25, 0.3) is 6.08 Å². The Hall–Kier alpha value is -2.07. The zero-order valence-corrected chi connectivity index (χ0v) is 14.1. The fourth-order valence-electron chi connectivity index (χ4n) is 1.91. The number of aryl methyl sites for hydroxylation is 1. The first-order valence-corrected chi connectivity index (χ1v) is 7.77. The smallest absolute Gasteiger partial charge is 0.336 e. The second kappa shape index (κ2) is 7.80. The van der Waals surface area contributed by atoms with Gasteiger partial charge in [-0.1, -0.05) is 34.1 Å². The number of benzene rings is 2. The summed E-state index contributed by atoms with van der Waals surface area (Å²) in [6.07, 6.45) is 3.09. The van der Waals surface area contributed by atoms with E-state index in [1.165, 1.54) is 6.08 Å². The van der Waals surface area contributed by atoms with Gasteiger partial charge in [-0.25, -0.2) is 4.79 Å². The molecule has 0 saturated heterocycles. The number of ether oxygens (including phenoxy) is 2. The lowest BCUT2D eigenvalue weighted by Gasteiger charge is -2.07. The maximum Gasteiger partial charge on any atom is 0.336 e. The lowest BCUT2D eigenvalue weighted by atomic mass is 10.2. The van der Waals surface area contributed by atoms with Crippen LogP contribution in [0.4, 0.5) is 0 Å². The van der Waals surface area contributed by atoms with Crippen LogP contribution in [0.3, 0.4) is 0 Å². The summed E-state index contributed by atoms with van der Waals surface area (Å²) >= 11 is 3.41. The summed E-state index contributed by atoms with van der Waals surface area (Å²) in [7, 11) is 0. The average molecular weight is 361 g/mol. The first-order valence-electron chi connectivity index (χ1n) is 6.98. The summed E-state index contributed by atoms with van der Waals surface area (Å²) in [5.41, 5.74) is 1.74. The Bertz CT molecular complexity index is 692. The Labute approximate surface area is 138 Å². The van der Waals surface area contributed by atoms with Gasteiger partial charge in [-0.05, 0) is 49.8 Å². The predicted molar refractivity (Wildman–Crippen MR) is 91.2 cm³/mol. The van der Waals surface area contributed by atoms with Gasteiger partial charge in [0.15, 0.2) is 0 Å². The van der Waals surface area contributed by atoms with Crippen molar-refractivity contribution in [1.82, 2.24) is 0 Å². The maximum atomic E-state index is 11.9. The lowest BCUT2D eigenvalue weighted by Crippen LogP contribution is -2.04. The van der Waals surface area contributed by atoms with Crippen molar-refractivity contribution in [2.24, 2.45) is 0 Å². The molecule has 114 valence electrons. The maximum absolute atomic E-state index is 11.9. The Morgan fingerprint density at radius 1 is 1.18 bits per heavy atom. The van der Waals surface area contributed by atoms with Crippen molar-refractivity contribution in [1.29, 1.82) is 0 Å². The zero-order valence-electron chi connectivity index (χ0n) is 12.5. The molecule has 2 aromatic carbocycles. The van der Waals surface area contributed by atoms with Gasteiger partial charge in [-0.15, -0.1) is 0 Å². The van der Waals surface area contributed by atoms with Crippen LogP contribution in [0.5, 0.6) is 11.5 Å². The van der Waals surface area contributed by atoms with Crippen LogP contribution < -0.4 is 9.47 Å². The zero-order chi connectivity index (χ0) is 15.9. The summed E-state index contributed by atoms with van der Waals surface area (Å²) < 4.78 is 11.8. The molecule has 4 heteroatoms. The molecule has 3 nitrogen and oxygen atoms in total. The highest BCUT2D eigenvalue weighted by Gasteiger charge is 2.05. The van der Waals surface area contributed by atoms with Crippen molar-refractivity contribution in [2.75, 3.05) is 6.61 Å². The van der Waals surface area contributed by atoms with Crippen molar-refractivity contribution in [3.8, 4) is 11.5 Å². The van der Waals surface area contributed by atoms with E-state index in [0.717, 1.165) is 21.3 Å². The van der Waals surface area contributed by atoms with E-state index < -0.39 is 5.97 Å². The molecule has 0 aliphatic rings. The highest BCUT2D eigenvalue weighted by Crippen LogP contribution is 2.24. The predicted octanol–water partition coefficient (Wildman–Crippen LogP) is 4.78. The van der Waals surface area contributed by atoms with Gasteiger partial charge in [-0.2, -0.15) is 0 Å². The largest absolute Gasteiger partial charge is 0.493 e. The molecule has 0 aliphatic heterocycles. The second-order valence-electron chi connectivity index (χ2n) is 4.64. The van der Waals surface area contributed by atoms with Gasteiger partial charge in [0.2, 0.25) is 0 Å². The van der Waals surface area contributed by atoms with Crippen LogP contribution in [-0.2, 0) is 4.79 Å². The molecule has 0 heterocycles. The first-order chi connectivity index (χ1) is 10.6. The van der Waals surface area contributed by atoms with E-state index in [9.17, 15) is 4.79 Å². The van der Waals surface area contributed by atoms with E-state index in [1.807, 2.05) is 50.2 Å². The van der Waals surface area contributed by atoms with E-state index in [4.69, 9.17) is 9.47 Å². The van der Waals surface area contributed by atoms with Crippen molar-refractivity contribution < 1.29 is 14.3 Å². The van der Waals surface area contributed by atoms with E-state index in [-0.39, 0.29) is 0 Å². The van der Waals surface area contributed by atoms with Crippen molar-refractivity contribution in [3.05, 3.63) is 64.1 Å². The number of hydrogen-bond acceptors (Lipinski definition) is 3. The molecule has 0 bridgehead atoms. The number of carbonyl (C=O) groups excluding carboxylic acids is 1. The molecule has 0 radical (unpaired) electrons. The third kappa shape index (κ3) is 4.46. The first kappa shape index (κ1) is 16.3. The number of hydrogen-bond donors (Lipinski definition) is 0. The average Bonchev–Trinajstić information content (AvgIpc) is 2.50. The Balaban J connectivity index is 2.13. The minimum atomic E-state index is -0.420. The number of rotatable bonds is 5. The molecule has 0 fully saturated rings. The number of carbonyl (C=O) groups is 1. The summed E-state index contributed by atoms with van der Waals surface area (Å²) in [4.78, 5) is 11.9. The monoisotopic (exact) mass is 360 g/mol. The molecular weight excluding hydrogens is 344 g/mol. The molecule has 2 rings (SSSR count). The summed E-state index contributed by atoms with van der Waals surface area (Å²) in [5.74, 6) is 0.874. The van der Waals surface area contributed by atoms with Crippen molar-refractivity contribution in [3.63, 3.8) is 0 Å².